The molecule has 1 aliphatic heterocycles. The van der Waals surface area contributed by atoms with Gasteiger partial charge in [0.2, 0.25) is 0 Å². The fraction of sp³-hybridized carbons (Fsp3) is 0.471. The van der Waals surface area contributed by atoms with Crippen molar-refractivity contribution in [1.82, 2.24) is 10.3 Å². The molecule has 0 spiro atoms. The number of fused-ring (bicyclic) bond motifs is 1. The summed E-state index contributed by atoms with van der Waals surface area (Å²) < 4.78 is 5.59. The maximum Gasteiger partial charge on any atom is 0.122 e. The Labute approximate surface area is 130 Å². The number of thiazole rings is 1. The Balaban J connectivity index is 1.65. The van der Waals surface area contributed by atoms with E-state index in [2.05, 4.69) is 42.3 Å². The quantitative estimate of drug-likeness (QED) is 0.878. The van der Waals surface area contributed by atoms with E-state index in [1.54, 1.807) is 11.3 Å². The standard InChI is InChI=1S/C17H22N2OS/c1-3-15(19-11-12(2)17-18-7-9-21-17)13-4-5-16-14(10-13)6-8-20-16/h4-5,7,9-10,12,15,19H,3,6,8,11H2,1-2H3. The molecule has 2 atom stereocenters. The number of ether oxygens (including phenoxy) is 1. The summed E-state index contributed by atoms with van der Waals surface area (Å²) in [6.45, 7) is 6.24. The summed E-state index contributed by atoms with van der Waals surface area (Å²) in [7, 11) is 0. The van der Waals surface area contributed by atoms with E-state index in [0.717, 1.165) is 31.7 Å². The third-order valence-corrected chi connectivity index (χ3v) is 5.07. The molecule has 3 nitrogen and oxygen atoms in total. The highest BCUT2D eigenvalue weighted by Crippen LogP contribution is 2.29. The van der Waals surface area contributed by atoms with Gasteiger partial charge in [0.1, 0.15) is 5.75 Å². The Kier molecular flexibility index (Phi) is 4.56. The van der Waals surface area contributed by atoms with Crippen LogP contribution < -0.4 is 10.1 Å². The van der Waals surface area contributed by atoms with Crippen LogP contribution in [0.2, 0.25) is 0 Å². The largest absolute Gasteiger partial charge is 0.493 e. The predicted molar refractivity (Wildman–Crippen MR) is 87.2 cm³/mol. The average Bonchev–Trinajstić information content (AvgIpc) is 3.18. The molecule has 0 radical (unpaired) electrons. The lowest BCUT2D eigenvalue weighted by Gasteiger charge is -2.20. The summed E-state index contributed by atoms with van der Waals surface area (Å²) in [6, 6.07) is 7.02. The van der Waals surface area contributed by atoms with Crippen molar-refractivity contribution >= 4 is 11.3 Å². The Morgan fingerprint density at radius 2 is 2.33 bits per heavy atom. The molecule has 0 saturated heterocycles. The number of hydrogen-bond acceptors (Lipinski definition) is 4. The summed E-state index contributed by atoms with van der Waals surface area (Å²) in [5.41, 5.74) is 2.72. The number of rotatable bonds is 6. The van der Waals surface area contributed by atoms with Crippen LogP contribution in [0, 0.1) is 0 Å². The average molecular weight is 302 g/mol. The summed E-state index contributed by atoms with van der Waals surface area (Å²) in [5.74, 6) is 1.52. The van der Waals surface area contributed by atoms with E-state index < -0.39 is 0 Å². The number of nitrogens with zero attached hydrogens (tertiary/aromatic N) is 1. The van der Waals surface area contributed by atoms with Crippen molar-refractivity contribution in [3.63, 3.8) is 0 Å². The molecule has 0 aliphatic carbocycles. The molecule has 1 aromatic heterocycles. The zero-order chi connectivity index (χ0) is 14.7. The first-order valence-electron chi connectivity index (χ1n) is 7.66. The van der Waals surface area contributed by atoms with E-state index in [0.29, 0.717) is 12.0 Å². The number of benzene rings is 1. The van der Waals surface area contributed by atoms with Gasteiger partial charge < -0.3 is 10.1 Å². The molecule has 21 heavy (non-hydrogen) atoms. The molecule has 4 heteroatoms. The second kappa shape index (κ2) is 6.58. The molecule has 112 valence electrons. The van der Waals surface area contributed by atoms with Crippen molar-refractivity contribution in [2.45, 2.75) is 38.6 Å². The molecule has 0 amide bonds. The van der Waals surface area contributed by atoms with E-state index in [1.807, 2.05) is 11.6 Å². The van der Waals surface area contributed by atoms with Crippen LogP contribution in [-0.2, 0) is 6.42 Å². The van der Waals surface area contributed by atoms with Gasteiger partial charge in [0.05, 0.1) is 11.6 Å². The first kappa shape index (κ1) is 14.5. The molecule has 1 aromatic carbocycles. The van der Waals surface area contributed by atoms with E-state index >= 15 is 0 Å². The van der Waals surface area contributed by atoms with Gasteiger partial charge in [-0.05, 0) is 23.6 Å². The van der Waals surface area contributed by atoms with Crippen LogP contribution in [0.1, 0.15) is 48.4 Å². The van der Waals surface area contributed by atoms with Gasteiger partial charge in [0.25, 0.3) is 0 Å². The second-order valence-electron chi connectivity index (χ2n) is 5.61. The molecule has 1 N–H and O–H groups in total. The van der Waals surface area contributed by atoms with E-state index in [-0.39, 0.29) is 0 Å². The molecule has 1 aliphatic rings. The van der Waals surface area contributed by atoms with Gasteiger partial charge in [-0.2, -0.15) is 0 Å². The fourth-order valence-corrected chi connectivity index (χ4v) is 3.50. The Bertz CT molecular complexity index is 582. The van der Waals surface area contributed by atoms with Crippen molar-refractivity contribution in [2.75, 3.05) is 13.2 Å². The normalized spacial score (nSPS) is 16.3. The number of hydrogen-bond donors (Lipinski definition) is 1. The molecule has 0 fully saturated rings. The maximum atomic E-state index is 5.59. The number of aromatic nitrogens is 1. The molecule has 0 saturated carbocycles. The molecular weight excluding hydrogens is 280 g/mol. The summed E-state index contributed by atoms with van der Waals surface area (Å²) in [6.07, 6.45) is 4.01. The van der Waals surface area contributed by atoms with Crippen LogP contribution in [0.25, 0.3) is 0 Å². The third-order valence-electron chi connectivity index (χ3n) is 4.07. The highest BCUT2D eigenvalue weighted by molar-refractivity contribution is 7.09. The SMILES string of the molecule is CCC(NCC(C)c1nccs1)c1ccc2c(c1)CCO2. The monoisotopic (exact) mass is 302 g/mol. The molecule has 2 unspecified atom stereocenters. The predicted octanol–water partition coefficient (Wildman–Crippen LogP) is 3.92. The Hall–Kier alpha value is -1.39. The van der Waals surface area contributed by atoms with Crippen LogP contribution >= 0.6 is 11.3 Å². The van der Waals surface area contributed by atoms with E-state index in [1.165, 1.54) is 16.1 Å². The van der Waals surface area contributed by atoms with Crippen LogP contribution in [0.15, 0.2) is 29.8 Å². The lowest BCUT2D eigenvalue weighted by atomic mass is 10.00. The van der Waals surface area contributed by atoms with Gasteiger partial charge in [-0.25, -0.2) is 4.98 Å². The second-order valence-corrected chi connectivity index (χ2v) is 6.53. The van der Waals surface area contributed by atoms with Crippen LogP contribution in [0.3, 0.4) is 0 Å². The lowest BCUT2D eigenvalue weighted by molar-refractivity contribution is 0.356. The van der Waals surface area contributed by atoms with Gasteiger partial charge in [0, 0.05) is 36.5 Å². The van der Waals surface area contributed by atoms with Gasteiger partial charge >= 0.3 is 0 Å². The van der Waals surface area contributed by atoms with Gasteiger partial charge in [-0.3, -0.25) is 0 Å². The lowest BCUT2D eigenvalue weighted by Crippen LogP contribution is -2.25. The van der Waals surface area contributed by atoms with Gasteiger partial charge in [0.15, 0.2) is 0 Å². The molecule has 3 rings (SSSR count). The van der Waals surface area contributed by atoms with Crippen LogP contribution in [0.4, 0.5) is 0 Å². The fourth-order valence-electron chi connectivity index (χ4n) is 2.81. The molecule has 0 bridgehead atoms. The van der Waals surface area contributed by atoms with Crippen molar-refractivity contribution in [1.29, 1.82) is 0 Å². The smallest absolute Gasteiger partial charge is 0.122 e. The zero-order valence-electron chi connectivity index (χ0n) is 12.6. The Morgan fingerprint density at radius 1 is 1.43 bits per heavy atom. The first-order chi connectivity index (χ1) is 10.3. The van der Waals surface area contributed by atoms with Gasteiger partial charge in [-0.15, -0.1) is 11.3 Å². The highest BCUT2D eigenvalue weighted by Gasteiger charge is 2.17. The minimum atomic E-state index is 0.401. The van der Waals surface area contributed by atoms with Crippen molar-refractivity contribution in [3.05, 3.63) is 45.9 Å². The van der Waals surface area contributed by atoms with Crippen LogP contribution in [-0.4, -0.2) is 18.1 Å². The van der Waals surface area contributed by atoms with Gasteiger partial charge in [-0.1, -0.05) is 26.0 Å². The van der Waals surface area contributed by atoms with Crippen molar-refractivity contribution in [3.8, 4) is 5.75 Å². The minimum absolute atomic E-state index is 0.401. The zero-order valence-corrected chi connectivity index (χ0v) is 13.5. The van der Waals surface area contributed by atoms with Crippen molar-refractivity contribution < 1.29 is 4.74 Å². The van der Waals surface area contributed by atoms with E-state index in [9.17, 15) is 0 Å². The summed E-state index contributed by atoms with van der Waals surface area (Å²) >= 11 is 1.73. The topological polar surface area (TPSA) is 34.2 Å². The Morgan fingerprint density at radius 3 is 3.10 bits per heavy atom. The van der Waals surface area contributed by atoms with E-state index in [4.69, 9.17) is 4.74 Å². The summed E-state index contributed by atoms with van der Waals surface area (Å²) in [4.78, 5) is 4.40. The third kappa shape index (κ3) is 3.27. The molecular formula is C17H22N2OS. The van der Waals surface area contributed by atoms with Crippen molar-refractivity contribution in [2.24, 2.45) is 0 Å². The van der Waals surface area contributed by atoms with Crippen LogP contribution in [0.5, 0.6) is 5.75 Å². The first-order valence-corrected chi connectivity index (χ1v) is 8.54. The molecule has 2 aromatic rings. The molecule has 2 heterocycles. The summed E-state index contributed by atoms with van der Waals surface area (Å²) in [5, 5.41) is 6.94. The maximum absolute atomic E-state index is 5.59. The minimum Gasteiger partial charge on any atom is -0.493 e. The highest BCUT2D eigenvalue weighted by atomic mass is 32.1. The number of nitrogens with one attached hydrogen (secondary N) is 1.